The summed E-state index contributed by atoms with van der Waals surface area (Å²) in [5, 5.41) is 15.2. The number of rotatable bonds is 3. The summed E-state index contributed by atoms with van der Waals surface area (Å²) < 4.78 is 4.54. The molecule has 1 N–H and O–H groups in total. The van der Waals surface area contributed by atoms with Crippen LogP contribution in [0.2, 0.25) is 0 Å². The van der Waals surface area contributed by atoms with Gasteiger partial charge in [-0.05, 0) is 18.8 Å². The van der Waals surface area contributed by atoms with Crippen molar-refractivity contribution in [2.45, 2.75) is 26.3 Å². The largest absolute Gasteiger partial charge is 0.347 e. The summed E-state index contributed by atoms with van der Waals surface area (Å²) >= 11 is 0. The van der Waals surface area contributed by atoms with E-state index in [2.05, 4.69) is 26.0 Å². The number of hydrogen-bond acceptors (Lipinski definition) is 5. The van der Waals surface area contributed by atoms with Gasteiger partial charge in [-0.25, -0.2) is 0 Å². The molecule has 0 aromatic carbocycles. The van der Waals surface area contributed by atoms with Crippen molar-refractivity contribution < 1.29 is 9.32 Å². The van der Waals surface area contributed by atoms with Crippen LogP contribution in [0.5, 0.6) is 0 Å². The Hall–Kier alpha value is -1.90. The molecule has 1 saturated carbocycles. The van der Waals surface area contributed by atoms with Crippen molar-refractivity contribution in [3.05, 3.63) is 12.2 Å². The SMILES string of the molecule is CC1CC(C#N)(C(=O)NCc2ncon2)C1. The number of nitrogens with zero attached hydrogens (tertiary/aromatic N) is 3. The van der Waals surface area contributed by atoms with Gasteiger partial charge in [-0.15, -0.1) is 0 Å². The molecule has 2 rings (SSSR count). The summed E-state index contributed by atoms with van der Waals surface area (Å²) in [6.45, 7) is 2.23. The van der Waals surface area contributed by atoms with Gasteiger partial charge in [0.25, 0.3) is 0 Å². The van der Waals surface area contributed by atoms with E-state index in [-0.39, 0.29) is 12.5 Å². The molecule has 1 heterocycles. The minimum absolute atomic E-state index is 0.202. The average Bonchev–Trinajstić information content (AvgIpc) is 2.73. The first-order valence-corrected chi connectivity index (χ1v) is 5.11. The van der Waals surface area contributed by atoms with Crippen LogP contribution in [0.3, 0.4) is 0 Å². The molecule has 16 heavy (non-hydrogen) atoms. The summed E-state index contributed by atoms with van der Waals surface area (Å²) in [6.07, 6.45) is 2.45. The molecular formula is C10H12N4O2. The van der Waals surface area contributed by atoms with Gasteiger partial charge in [0.05, 0.1) is 12.6 Å². The predicted molar refractivity (Wildman–Crippen MR) is 52.6 cm³/mol. The second-order valence-electron chi connectivity index (χ2n) is 4.24. The quantitative estimate of drug-likeness (QED) is 0.806. The smallest absolute Gasteiger partial charge is 0.240 e. The zero-order valence-corrected chi connectivity index (χ0v) is 8.93. The van der Waals surface area contributed by atoms with Crippen molar-refractivity contribution in [2.24, 2.45) is 11.3 Å². The van der Waals surface area contributed by atoms with Crippen molar-refractivity contribution in [3.8, 4) is 6.07 Å². The summed E-state index contributed by atoms with van der Waals surface area (Å²) in [7, 11) is 0. The van der Waals surface area contributed by atoms with Gasteiger partial charge < -0.3 is 9.84 Å². The summed E-state index contributed by atoms with van der Waals surface area (Å²) in [5.41, 5.74) is -0.844. The Bertz CT molecular complexity index is 415. The number of nitriles is 1. The van der Waals surface area contributed by atoms with Crippen LogP contribution in [0.25, 0.3) is 0 Å². The lowest BCUT2D eigenvalue weighted by Crippen LogP contribution is -2.47. The first-order chi connectivity index (χ1) is 7.66. The van der Waals surface area contributed by atoms with E-state index < -0.39 is 5.41 Å². The molecule has 6 heteroatoms. The molecule has 0 saturated heterocycles. The molecule has 0 aliphatic heterocycles. The topological polar surface area (TPSA) is 91.8 Å². The Morgan fingerprint density at radius 2 is 2.56 bits per heavy atom. The Morgan fingerprint density at radius 3 is 3.06 bits per heavy atom. The molecule has 1 aromatic heterocycles. The van der Waals surface area contributed by atoms with E-state index in [1.807, 2.05) is 6.92 Å². The van der Waals surface area contributed by atoms with E-state index in [0.717, 1.165) is 0 Å². The first kappa shape index (κ1) is 10.6. The highest BCUT2D eigenvalue weighted by atomic mass is 16.5. The zero-order chi connectivity index (χ0) is 11.6. The second kappa shape index (κ2) is 3.93. The monoisotopic (exact) mass is 220 g/mol. The minimum Gasteiger partial charge on any atom is -0.347 e. The molecule has 0 spiro atoms. The number of amides is 1. The van der Waals surface area contributed by atoms with Gasteiger partial charge in [-0.3, -0.25) is 4.79 Å². The highest BCUT2D eigenvalue weighted by Gasteiger charge is 2.48. The Balaban J connectivity index is 1.91. The van der Waals surface area contributed by atoms with Crippen LogP contribution in [-0.2, 0) is 11.3 Å². The Labute approximate surface area is 92.6 Å². The van der Waals surface area contributed by atoms with Crippen LogP contribution in [0, 0.1) is 22.7 Å². The van der Waals surface area contributed by atoms with Crippen LogP contribution >= 0.6 is 0 Å². The fraction of sp³-hybridized carbons (Fsp3) is 0.600. The standard InChI is InChI=1S/C10H12N4O2/c1-7-2-10(3-7,5-11)9(15)12-4-8-13-6-16-14-8/h6-7H,2-4H2,1H3,(H,12,15). The summed E-state index contributed by atoms with van der Waals surface area (Å²) in [6, 6.07) is 2.10. The number of carbonyl (C=O) groups excluding carboxylic acids is 1. The van der Waals surface area contributed by atoms with Gasteiger partial charge in [0, 0.05) is 0 Å². The van der Waals surface area contributed by atoms with E-state index >= 15 is 0 Å². The molecule has 1 aliphatic rings. The first-order valence-electron chi connectivity index (χ1n) is 5.11. The van der Waals surface area contributed by atoms with Gasteiger partial charge in [-0.1, -0.05) is 12.1 Å². The van der Waals surface area contributed by atoms with Crippen molar-refractivity contribution in [3.63, 3.8) is 0 Å². The fourth-order valence-electron chi connectivity index (χ4n) is 2.06. The van der Waals surface area contributed by atoms with E-state index in [4.69, 9.17) is 5.26 Å². The van der Waals surface area contributed by atoms with Crippen LogP contribution in [0.1, 0.15) is 25.6 Å². The second-order valence-corrected chi connectivity index (χ2v) is 4.24. The highest BCUT2D eigenvalue weighted by molar-refractivity contribution is 5.86. The van der Waals surface area contributed by atoms with Crippen LogP contribution in [0.15, 0.2) is 10.9 Å². The molecule has 0 radical (unpaired) electrons. The predicted octanol–water partition coefficient (Wildman–Crippen LogP) is 0.626. The van der Waals surface area contributed by atoms with Gasteiger partial charge >= 0.3 is 0 Å². The van der Waals surface area contributed by atoms with Crippen LogP contribution in [0.4, 0.5) is 0 Å². The van der Waals surface area contributed by atoms with Crippen molar-refractivity contribution in [1.82, 2.24) is 15.5 Å². The lowest BCUT2D eigenvalue weighted by Gasteiger charge is -2.39. The molecule has 0 bridgehead atoms. The van der Waals surface area contributed by atoms with E-state index in [1.165, 1.54) is 6.39 Å². The molecule has 84 valence electrons. The normalized spacial score (nSPS) is 27.9. The molecule has 6 nitrogen and oxygen atoms in total. The molecule has 1 aliphatic carbocycles. The third-order valence-electron chi connectivity index (χ3n) is 2.86. The lowest BCUT2D eigenvalue weighted by atomic mass is 9.63. The maximum absolute atomic E-state index is 11.8. The Kier molecular flexibility index (Phi) is 2.60. The molecule has 1 aromatic rings. The molecular weight excluding hydrogens is 208 g/mol. The van der Waals surface area contributed by atoms with Crippen LogP contribution < -0.4 is 5.32 Å². The molecule has 1 fully saturated rings. The van der Waals surface area contributed by atoms with E-state index in [1.54, 1.807) is 0 Å². The van der Waals surface area contributed by atoms with Crippen molar-refractivity contribution >= 4 is 5.91 Å². The Morgan fingerprint density at radius 1 is 1.81 bits per heavy atom. The fourth-order valence-corrected chi connectivity index (χ4v) is 2.06. The summed E-state index contributed by atoms with van der Waals surface area (Å²) in [4.78, 5) is 15.6. The minimum atomic E-state index is -0.844. The van der Waals surface area contributed by atoms with Gasteiger partial charge in [0.15, 0.2) is 5.82 Å². The average molecular weight is 220 g/mol. The number of hydrogen-bond donors (Lipinski definition) is 1. The zero-order valence-electron chi connectivity index (χ0n) is 8.93. The molecule has 0 unspecified atom stereocenters. The lowest BCUT2D eigenvalue weighted by molar-refractivity contribution is -0.134. The van der Waals surface area contributed by atoms with Gasteiger partial charge in [0.2, 0.25) is 12.3 Å². The van der Waals surface area contributed by atoms with E-state index in [0.29, 0.717) is 24.6 Å². The molecule has 0 atom stereocenters. The maximum atomic E-state index is 11.8. The van der Waals surface area contributed by atoms with E-state index in [9.17, 15) is 4.79 Å². The number of carbonyl (C=O) groups is 1. The third-order valence-corrected chi connectivity index (χ3v) is 2.86. The van der Waals surface area contributed by atoms with Crippen molar-refractivity contribution in [1.29, 1.82) is 5.26 Å². The maximum Gasteiger partial charge on any atom is 0.240 e. The number of nitrogens with one attached hydrogen (secondary N) is 1. The summed E-state index contributed by atoms with van der Waals surface area (Å²) in [5.74, 6) is 0.613. The van der Waals surface area contributed by atoms with Crippen molar-refractivity contribution in [2.75, 3.05) is 0 Å². The van der Waals surface area contributed by atoms with Gasteiger partial charge in [-0.2, -0.15) is 10.2 Å². The number of aromatic nitrogens is 2. The van der Waals surface area contributed by atoms with Crippen LogP contribution in [-0.4, -0.2) is 16.0 Å². The third kappa shape index (κ3) is 1.76. The molecule has 1 amide bonds. The van der Waals surface area contributed by atoms with Gasteiger partial charge in [0.1, 0.15) is 5.41 Å². The highest BCUT2D eigenvalue weighted by Crippen LogP contribution is 2.45.